The fourth-order valence-electron chi connectivity index (χ4n) is 3.42. The van der Waals surface area contributed by atoms with Crippen molar-refractivity contribution in [2.24, 2.45) is 5.92 Å². The Balaban J connectivity index is 1.81. The molecule has 2 nitrogen and oxygen atoms in total. The third-order valence-corrected chi connectivity index (χ3v) is 4.55. The number of benzene rings is 1. The van der Waals surface area contributed by atoms with Crippen molar-refractivity contribution in [3.8, 4) is 0 Å². The molecule has 2 aliphatic rings. The summed E-state index contributed by atoms with van der Waals surface area (Å²) >= 11 is 0. The molecule has 0 bridgehead atoms. The SMILES string of the molecule is O=C(c1cccc2c1CCC2)N1CCC[C@@H](C(F)(F)F)C1. The summed E-state index contributed by atoms with van der Waals surface area (Å²) in [5, 5.41) is 0. The van der Waals surface area contributed by atoms with Gasteiger partial charge in [-0.3, -0.25) is 4.79 Å². The second-order valence-electron chi connectivity index (χ2n) is 5.93. The van der Waals surface area contributed by atoms with E-state index in [9.17, 15) is 18.0 Å². The minimum Gasteiger partial charge on any atom is -0.338 e. The maximum atomic E-state index is 12.9. The van der Waals surface area contributed by atoms with Gasteiger partial charge in [0.2, 0.25) is 0 Å². The lowest BCUT2D eigenvalue weighted by Crippen LogP contribution is -2.44. The van der Waals surface area contributed by atoms with E-state index in [2.05, 4.69) is 0 Å². The fourth-order valence-corrected chi connectivity index (χ4v) is 3.42. The number of likely N-dealkylation sites (tertiary alicyclic amines) is 1. The lowest BCUT2D eigenvalue weighted by molar-refractivity contribution is -0.184. The van der Waals surface area contributed by atoms with Crippen LogP contribution in [0.2, 0.25) is 0 Å². The molecule has 0 N–H and O–H groups in total. The zero-order chi connectivity index (χ0) is 15.0. The summed E-state index contributed by atoms with van der Waals surface area (Å²) in [6.07, 6.45) is -0.830. The van der Waals surface area contributed by atoms with Gasteiger partial charge in [0.15, 0.2) is 0 Å². The summed E-state index contributed by atoms with van der Waals surface area (Å²) in [7, 11) is 0. The number of nitrogens with zero attached hydrogens (tertiary/aromatic N) is 1. The Morgan fingerprint density at radius 1 is 1.19 bits per heavy atom. The third-order valence-electron chi connectivity index (χ3n) is 4.55. The molecule has 1 atom stereocenters. The van der Waals surface area contributed by atoms with Crippen molar-refractivity contribution in [2.75, 3.05) is 13.1 Å². The van der Waals surface area contributed by atoms with Gasteiger partial charge >= 0.3 is 6.18 Å². The number of amides is 1. The van der Waals surface area contributed by atoms with Gasteiger partial charge < -0.3 is 4.90 Å². The Kier molecular flexibility index (Phi) is 3.68. The molecule has 1 aliphatic carbocycles. The molecule has 0 spiro atoms. The van der Waals surface area contributed by atoms with Gasteiger partial charge in [-0.25, -0.2) is 0 Å². The van der Waals surface area contributed by atoms with E-state index in [1.165, 1.54) is 10.5 Å². The number of aryl methyl sites for hydroxylation is 1. The zero-order valence-corrected chi connectivity index (χ0v) is 11.7. The first-order chi connectivity index (χ1) is 9.97. The van der Waals surface area contributed by atoms with Crippen LogP contribution in [0, 0.1) is 5.92 Å². The number of alkyl halides is 3. The summed E-state index contributed by atoms with van der Waals surface area (Å²) in [4.78, 5) is 14.0. The molecule has 0 saturated carbocycles. The van der Waals surface area contributed by atoms with Gasteiger partial charge in [-0.1, -0.05) is 12.1 Å². The Labute approximate surface area is 121 Å². The summed E-state index contributed by atoms with van der Waals surface area (Å²) in [5.74, 6) is -1.62. The smallest absolute Gasteiger partial charge is 0.338 e. The van der Waals surface area contributed by atoms with Crippen molar-refractivity contribution >= 4 is 5.91 Å². The molecule has 114 valence electrons. The molecule has 1 heterocycles. The van der Waals surface area contributed by atoms with E-state index in [4.69, 9.17) is 0 Å². The van der Waals surface area contributed by atoms with Crippen LogP contribution in [-0.2, 0) is 12.8 Å². The van der Waals surface area contributed by atoms with Crippen LogP contribution in [0.15, 0.2) is 18.2 Å². The monoisotopic (exact) mass is 297 g/mol. The van der Waals surface area contributed by atoms with Crippen LogP contribution in [0.4, 0.5) is 13.2 Å². The molecule has 3 rings (SSSR count). The van der Waals surface area contributed by atoms with Crippen molar-refractivity contribution in [2.45, 2.75) is 38.3 Å². The van der Waals surface area contributed by atoms with Crippen LogP contribution in [0.5, 0.6) is 0 Å². The largest absolute Gasteiger partial charge is 0.393 e. The highest BCUT2D eigenvalue weighted by molar-refractivity contribution is 5.96. The molecule has 1 saturated heterocycles. The van der Waals surface area contributed by atoms with Crippen molar-refractivity contribution in [3.05, 3.63) is 34.9 Å². The Hall–Kier alpha value is -1.52. The number of fused-ring (bicyclic) bond motifs is 1. The van der Waals surface area contributed by atoms with Gasteiger partial charge in [-0.15, -0.1) is 0 Å². The lowest BCUT2D eigenvalue weighted by Gasteiger charge is -2.34. The van der Waals surface area contributed by atoms with E-state index in [1.807, 2.05) is 12.1 Å². The lowest BCUT2D eigenvalue weighted by atomic mass is 9.95. The normalized spacial score (nSPS) is 22.2. The Bertz CT molecular complexity index is 553. The van der Waals surface area contributed by atoms with Gasteiger partial charge in [0.25, 0.3) is 5.91 Å². The first-order valence-corrected chi connectivity index (χ1v) is 7.43. The molecule has 1 aliphatic heterocycles. The molecule has 1 fully saturated rings. The first-order valence-electron chi connectivity index (χ1n) is 7.43. The Morgan fingerprint density at radius 2 is 2.00 bits per heavy atom. The maximum Gasteiger partial charge on any atom is 0.393 e. The quantitative estimate of drug-likeness (QED) is 0.775. The van der Waals surface area contributed by atoms with Gasteiger partial charge in [-0.05, 0) is 49.3 Å². The van der Waals surface area contributed by atoms with Crippen LogP contribution < -0.4 is 0 Å². The number of carbonyl (C=O) groups is 1. The van der Waals surface area contributed by atoms with Crippen molar-refractivity contribution in [3.63, 3.8) is 0 Å². The van der Waals surface area contributed by atoms with Crippen LogP contribution in [-0.4, -0.2) is 30.1 Å². The first kappa shape index (κ1) is 14.4. The number of hydrogen-bond acceptors (Lipinski definition) is 1. The summed E-state index contributed by atoms with van der Waals surface area (Å²) < 4.78 is 38.6. The number of piperidine rings is 1. The number of carbonyl (C=O) groups excluding carboxylic acids is 1. The van der Waals surface area contributed by atoms with E-state index >= 15 is 0 Å². The highest BCUT2D eigenvalue weighted by atomic mass is 19.4. The second-order valence-corrected chi connectivity index (χ2v) is 5.93. The maximum absolute atomic E-state index is 12.9. The average molecular weight is 297 g/mol. The topological polar surface area (TPSA) is 20.3 Å². The number of rotatable bonds is 1. The molecule has 5 heteroatoms. The fraction of sp³-hybridized carbons (Fsp3) is 0.562. The standard InChI is InChI=1S/C16H18F3NO/c17-16(18,19)12-6-3-9-20(10-12)15(21)14-8-2-5-11-4-1-7-13(11)14/h2,5,8,12H,1,3-4,6-7,9-10H2/t12-/m1/s1. The molecule has 0 unspecified atom stereocenters. The Morgan fingerprint density at radius 3 is 2.76 bits per heavy atom. The van der Waals surface area contributed by atoms with Gasteiger partial charge in [0, 0.05) is 18.7 Å². The zero-order valence-electron chi connectivity index (χ0n) is 11.7. The molecule has 1 amide bonds. The van der Waals surface area contributed by atoms with Crippen LogP contribution in [0.1, 0.15) is 40.7 Å². The molecule has 0 radical (unpaired) electrons. The average Bonchev–Trinajstić information content (AvgIpc) is 2.94. The second kappa shape index (κ2) is 5.35. The van der Waals surface area contributed by atoms with Gasteiger partial charge in [-0.2, -0.15) is 13.2 Å². The molecular weight excluding hydrogens is 279 g/mol. The van der Waals surface area contributed by atoms with Gasteiger partial charge in [0.05, 0.1) is 5.92 Å². The minimum absolute atomic E-state index is 0.125. The summed E-state index contributed by atoms with van der Waals surface area (Å²) in [5.41, 5.74) is 2.81. The highest BCUT2D eigenvalue weighted by Crippen LogP contribution is 2.34. The molecule has 1 aromatic rings. The van der Waals surface area contributed by atoms with Crippen LogP contribution >= 0.6 is 0 Å². The summed E-state index contributed by atoms with van der Waals surface area (Å²) in [6.45, 7) is 0.223. The number of halogens is 3. The van der Waals surface area contributed by atoms with E-state index in [0.29, 0.717) is 18.5 Å². The van der Waals surface area contributed by atoms with E-state index < -0.39 is 12.1 Å². The van der Waals surface area contributed by atoms with Crippen LogP contribution in [0.3, 0.4) is 0 Å². The van der Waals surface area contributed by atoms with E-state index in [1.54, 1.807) is 6.07 Å². The summed E-state index contributed by atoms with van der Waals surface area (Å²) in [6, 6.07) is 5.60. The van der Waals surface area contributed by atoms with Crippen molar-refractivity contribution in [1.29, 1.82) is 0 Å². The minimum atomic E-state index is -4.21. The van der Waals surface area contributed by atoms with Crippen LogP contribution in [0.25, 0.3) is 0 Å². The van der Waals surface area contributed by atoms with E-state index in [0.717, 1.165) is 24.8 Å². The third kappa shape index (κ3) is 2.78. The predicted octanol–water partition coefficient (Wildman–Crippen LogP) is 3.59. The van der Waals surface area contributed by atoms with E-state index in [-0.39, 0.29) is 18.9 Å². The molecule has 1 aromatic carbocycles. The number of hydrogen-bond donors (Lipinski definition) is 0. The molecular formula is C16H18F3NO. The predicted molar refractivity (Wildman–Crippen MR) is 73.1 cm³/mol. The van der Waals surface area contributed by atoms with Crippen molar-refractivity contribution in [1.82, 2.24) is 4.90 Å². The van der Waals surface area contributed by atoms with Gasteiger partial charge in [0.1, 0.15) is 0 Å². The highest BCUT2D eigenvalue weighted by Gasteiger charge is 2.43. The van der Waals surface area contributed by atoms with Crippen molar-refractivity contribution < 1.29 is 18.0 Å². The molecule has 21 heavy (non-hydrogen) atoms. The molecule has 0 aromatic heterocycles.